The van der Waals surface area contributed by atoms with Crippen molar-refractivity contribution in [3.8, 4) is 0 Å². The van der Waals surface area contributed by atoms with E-state index in [1.807, 2.05) is 41.6 Å². The normalized spacial score (nSPS) is 11.6. The first-order chi connectivity index (χ1) is 5.24. The zero-order valence-corrected chi connectivity index (χ0v) is 8.24. The quantitative estimate of drug-likeness (QED) is 0.360. The Morgan fingerprint density at radius 3 is 2.82 bits per heavy atom. The van der Waals surface area contributed by atoms with Crippen LogP contribution in [0, 0.1) is 6.92 Å². The standard InChI is InChI=1S/C7H8IN3/c1-5-2-3-6(10-4-5)7(8)11-9/h2-4H,9H2,1H3/b11-7+. The van der Waals surface area contributed by atoms with Gasteiger partial charge in [-0.2, -0.15) is 5.10 Å². The predicted octanol–water partition coefficient (Wildman–Crippen LogP) is 1.45. The van der Waals surface area contributed by atoms with Crippen LogP contribution in [-0.4, -0.2) is 8.70 Å². The summed E-state index contributed by atoms with van der Waals surface area (Å²) < 4.78 is 0.725. The average molecular weight is 261 g/mol. The van der Waals surface area contributed by atoms with Gasteiger partial charge in [0.15, 0.2) is 0 Å². The molecule has 58 valence electrons. The summed E-state index contributed by atoms with van der Waals surface area (Å²) >= 11 is 2.05. The van der Waals surface area contributed by atoms with Crippen molar-refractivity contribution >= 4 is 26.3 Å². The highest BCUT2D eigenvalue weighted by atomic mass is 127. The van der Waals surface area contributed by atoms with Gasteiger partial charge in [0.05, 0.1) is 5.69 Å². The lowest BCUT2D eigenvalue weighted by molar-refractivity contribution is 1.21. The minimum Gasteiger partial charge on any atom is -0.322 e. The molecule has 4 heteroatoms. The minimum absolute atomic E-state index is 0.725. The van der Waals surface area contributed by atoms with E-state index in [2.05, 4.69) is 10.1 Å². The van der Waals surface area contributed by atoms with Gasteiger partial charge in [-0.05, 0) is 41.1 Å². The Kier molecular flexibility index (Phi) is 2.81. The number of halogens is 1. The zero-order chi connectivity index (χ0) is 8.27. The van der Waals surface area contributed by atoms with Crippen LogP contribution in [0.25, 0.3) is 0 Å². The van der Waals surface area contributed by atoms with E-state index in [0.717, 1.165) is 15.0 Å². The molecule has 0 amide bonds. The summed E-state index contributed by atoms with van der Waals surface area (Å²) in [7, 11) is 0. The van der Waals surface area contributed by atoms with Crippen molar-refractivity contribution in [1.29, 1.82) is 0 Å². The van der Waals surface area contributed by atoms with Crippen molar-refractivity contribution in [2.24, 2.45) is 10.9 Å². The Labute approximate surface area is 78.8 Å². The fourth-order valence-electron chi connectivity index (χ4n) is 0.656. The average Bonchev–Trinajstić information content (AvgIpc) is 2.05. The van der Waals surface area contributed by atoms with Crippen LogP contribution in [0.4, 0.5) is 0 Å². The van der Waals surface area contributed by atoms with Crippen LogP contribution < -0.4 is 5.84 Å². The lowest BCUT2D eigenvalue weighted by Crippen LogP contribution is -1.97. The monoisotopic (exact) mass is 261 g/mol. The minimum atomic E-state index is 0.725. The molecule has 0 fully saturated rings. The van der Waals surface area contributed by atoms with E-state index in [-0.39, 0.29) is 0 Å². The Hall–Kier alpha value is -0.650. The summed E-state index contributed by atoms with van der Waals surface area (Å²) in [6.45, 7) is 1.99. The van der Waals surface area contributed by atoms with Crippen LogP contribution in [0.15, 0.2) is 23.4 Å². The highest BCUT2D eigenvalue weighted by molar-refractivity contribution is 14.1. The number of hydrogen-bond donors (Lipinski definition) is 1. The lowest BCUT2D eigenvalue weighted by Gasteiger charge is -1.95. The fraction of sp³-hybridized carbons (Fsp3) is 0.143. The molecular formula is C7H8IN3. The molecule has 11 heavy (non-hydrogen) atoms. The van der Waals surface area contributed by atoms with Crippen LogP contribution in [0.3, 0.4) is 0 Å². The Morgan fingerprint density at radius 1 is 1.64 bits per heavy atom. The van der Waals surface area contributed by atoms with E-state index in [4.69, 9.17) is 5.84 Å². The van der Waals surface area contributed by atoms with Gasteiger partial charge in [0.2, 0.25) is 0 Å². The summed E-state index contributed by atoms with van der Waals surface area (Å²) in [6, 6.07) is 3.87. The number of aromatic nitrogens is 1. The van der Waals surface area contributed by atoms with Crippen molar-refractivity contribution in [2.45, 2.75) is 6.92 Å². The van der Waals surface area contributed by atoms with Gasteiger partial charge in [-0.15, -0.1) is 0 Å². The fourth-order valence-corrected chi connectivity index (χ4v) is 0.975. The summed E-state index contributed by atoms with van der Waals surface area (Å²) in [5.41, 5.74) is 1.95. The van der Waals surface area contributed by atoms with Crippen LogP contribution in [0.2, 0.25) is 0 Å². The second-order valence-electron chi connectivity index (χ2n) is 2.14. The highest BCUT2D eigenvalue weighted by Gasteiger charge is 1.97. The van der Waals surface area contributed by atoms with E-state index in [1.165, 1.54) is 0 Å². The maximum Gasteiger partial charge on any atom is 0.146 e. The first kappa shape index (κ1) is 8.45. The number of hydrazone groups is 1. The summed E-state index contributed by atoms with van der Waals surface area (Å²) in [4.78, 5) is 4.13. The number of pyridine rings is 1. The second-order valence-corrected chi connectivity index (χ2v) is 3.16. The van der Waals surface area contributed by atoms with E-state index >= 15 is 0 Å². The van der Waals surface area contributed by atoms with Crippen molar-refractivity contribution in [2.75, 3.05) is 0 Å². The molecule has 2 N–H and O–H groups in total. The Bertz CT molecular complexity index is 266. The molecule has 0 aliphatic rings. The molecule has 0 spiro atoms. The number of nitrogens with zero attached hydrogens (tertiary/aromatic N) is 2. The third-order valence-corrected chi connectivity index (χ3v) is 2.07. The number of rotatable bonds is 1. The largest absolute Gasteiger partial charge is 0.322 e. The van der Waals surface area contributed by atoms with E-state index in [1.54, 1.807) is 6.20 Å². The molecule has 1 aromatic rings. The molecule has 0 saturated carbocycles. The molecule has 0 aromatic carbocycles. The van der Waals surface area contributed by atoms with Gasteiger partial charge in [-0.3, -0.25) is 4.98 Å². The van der Waals surface area contributed by atoms with Gasteiger partial charge in [-0.25, -0.2) is 0 Å². The molecule has 1 rings (SSSR count). The molecule has 0 saturated heterocycles. The Morgan fingerprint density at radius 2 is 2.36 bits per heavy atom. The van der Waals surface area contributed by atoms with E-state index in [9.17, 15) is 0 Å². The third kappa shape index (κ3) is 2.14. The van der Waals surface area contributed by atoms with Gasteiger partial charge in [-0.1, -0.05) is 6.07 Å². The number of aryl methyl sites for hydroxylation is 1. The molecule has 0 unspecified atom stereocenters. The highest BCUT2D eigenvalue weighted by Crippen LogP contribution is 2.04. The van der Waals surface area contributed by atoms with Crippen molar-refractivity contribution in [3.63, 3.8) is 0 Å². The van der Waals surface area contributed by atoms with E-state index < -0.39 is 0 Å². The van der Waals surface area contributed by atoms with Gasteiger partial charge in [0.1, 0.15) is 3.72 Å². The number of hydrogen-bond acceptors (Lipinski definition) is 3. The van der Waals surface area contributed by atoms with Crippen LogP contribution in [0.1, 0.15) is 11.3 Å². The van der Waals surface area contributed by atoms with Gasteiger partial charge in [0.25, 0.3) is 0 Å². The SMILES string of the molecule is Cc1ccc(/C(I)=N\N)nc1. The predicted molar refractivity (Wildman–Crippen MR) is 53.7 cm³/mol. The van der Waals surface area contributed by atoms with Crippen molar-refractivity contribution in [3.05, 3.63) is 29.6 Å². The zero-order valence-electron chi connectivity index (χ0n) is 6.08. The topological polar surface area (TPSA) is 51.3 Å². The Balaban J connectivity index is 2.99. The maximum atomic E-state index is 5.08. The summed E-state index contributed by atoms with van der Waals surface area (Å²) in [5, 5.41) is 3.53. The molecule has 0 atom stereocenters. The molecule has 0 radical (unpaired) electrons. The molecule has 3 nitrogen and oxygen atoms in total. The lowest BCUT2D eigenvalue weighted by atomic mass is 10.3. The number of nitrogens with two attached hydrogens (primary N) is 1. The van der Waals surface area contributed by atoms with Crippen LogP contribution >= 0.6 is 22.6 Å². The first-order valence-corrected chi connectivity index (χ1v) is 4.18. The smallest absolute Gasteiger partial charge is 0.146 e. The molecule has 0 aliphatic carbocycles. The van der Waals surface area contributed by atoms with Gasteiger partial charge in [0, 0.05) is 6.20 Å². The van der Waals surface area contributed by atoms with Crippen molar-refractivity contribution in [1.82, 2.24) is 4.98 Å². The van der Waals surface area contributed by atoms with Gasteiger partial charge < -0.3 is 5.84 Å². The van der Waals surface area contributed by atoms with Crippen molar-refractivity contribution < 1.29 is 0 Å². The van der Waals surface area contributed by atoms with Crippen LogP contribution in [-0.2, 0) is 0 Å². The molecule has 0 bridgehead atoms. The maximum absolute atomic E-state index is 5.08. The third-order valence-electron chi connectivity index (χ3n) is 1.24. The first-order valence-electron chi connectivity index (χ1n) is 3.10. The molecule has 1 aromatic heterocycles. The summed E-state index contributed by atoms with van der Waals surface area (Å²) in [6.07, 6.45) is 1.79. The second kappa shape index (κ2) is 3.66. The molecule has 0 aliphatic heterocycles. The van der Waals surface area contributed by atoms with Crippen LogP contribution in [0.5, 0.6) is 0 Å². The molecule has 1 heterocycles. The summed E-state index contributed by atoms with van der Waals surface area (Å²) in [5.74, 6) is 5.08. The van der Waals surface area contributed by atoms with E-state index in [0.29, 0.717) is 0 Å². The van der Waals surface area contributed by atoms with Gasteiger partial charge >= 0.3 is 0 Å². The molecular weight excluding hydrogens is 253 g/mol.